The first-order chi connectivity index (χ1) is 7.95. The predicted molar refractivity (Wildman–Crippen MR) is 65.7 cm³/mol. The summed E-state index contributed by atoms with van der Waals surface area (Å²) in [5.41, 5.74) is 0.660. The molecule has 0 radical (unpaired) electrons. The average Bonchev–Trinajstić information content (AvgIpc) is 2.26. The van der Waals surface area contributed by atoms with E-state index in [-0.39, 0.29) is 5.56 Å². The van der Waals surface area contributed by atoms with Gasteiger partial charge in [0.25, 0.3) is 0 Å². The third kappa shape index (κ3) is 3.56. The largest absolute Gasteiger partial charge is 0.488 e. The minimum atomic E-state index is -0.741. The van der Waals surface area contributed by atoms with Crippen LogP contribution in [0.4, 0.5) is 4.39 Å². The second kappa shape index (κ2) is 5.82. The third-order valence-corrected chi connectivity index (χ3v) is 2.52. The molecule has 0 unspecified atom stereocenters. The van der Waals surface area contributed by atoms with Crippen LogP contribution < -0.4 is 4.74 Å². The van der Waals surface area contributed by atoms with Gasteiger partial charge in [-0.05, 0) is 40.6 Å². The highest BCUT2D eigenvalue weighted by molar-refractivity contribution is 9.10. The zero-order chi connectivity index (χ0) is 13.0. The second-order valence-electron chi connectivity index (χ2n) is 3.50. The van der Waals surface area contributed by atoms with E-state index in [1.54, 1.807) is 6.92 Å². The molecule has 0 aliphatic rings. The highest BCUT2D eigenvalue weighted by Crippen LogP contribution is 2.28. The monoisotopic (exact) mass is 302 g/mol. The molecular formula is C12H12BrFO3. The number of carbonyl (C=O) groups excluding carboxylic acids is 1. The van der Waals surface area contributed by atoms with Gasteiger partial charge >= 0.3 is 5.97 Å². The van der Waals surface area contributed by atoms with Crippen molar-refractivity contribution < 1.29 is 18.7 Å². The molecule has 0 saturated carbocycles. The van der Waals surface area contributed by atoms with Gasteiger partial charge in [0, 0.05) is 0 Å². The maximum absolute atomic E-state index is 13.5. The fraction of sp³-hybridized carbons (Fsp3) is 0.250. The summed E-state index contributed by atoms with van der Waals surface area (Å²) >= 11 is 3.16. The Labute approximate surface area is 107 Å². The van der Waals surface area contributed by atoms with Crippen LogP contribution in [0.2, 0.25) is 0 Å². The number of ether oxygens (including phenoxy) is 2. The van der Waals surface area contributed by atoms with Crippen LogP contribution in [0.5, 0.6) is 5.75 Å². The smallest absolute Gasteiger partial charge is 0.340 e. The SMILES string of the molecule is C=C(C)COc1cc(C(=O)OC)c(F)cc1Br. The number of carbonyl (C=O) groups is 1. The molecule has 0 amide bonds. The molecule has 0 heterocycles. The van der Waals surface area contributed by atoms with Gasteiger partial charge in [0.1, 0.15) is 18.2 Å². The number of hydrogen-bond donors (Lipinski definition) is 0. The number of halogens is 2. The Hall–Kier alpha value is -1.36. The highest BCUT2D eigenvalue weighted by Gasteiger charge is 2.16. The first kappa shape index (κ1) is 13.7. The molecule has 0 aliphatic carbocycles. The summed E-state index contributed by atoms with van der Waals surface area (Å²) in [5.74, 6) is -1.03. The Morgan fingerprint density at radius 3 is 2.71 bits per heavy atom. The van der Waals surface area contributed by atoms with E-state index < -0.39 is 11.8 Å². The molecule has 0 N–H and O–H groups in total. The summed E-state index contributed by atoms with van der Waals surface area (Å²) in [6.45, 7) is 5.79. The molecule has 0 spiro atoms. The van der Waals surface area contributed by atoms with Gasteiger partial charge in [-0.15, -0.1) is 0 Å². The molecule has 5 heteroatoms. The van der Waals surface area contributed by atoms with E-state index >= 15 is 0 Å². The van der Waals surface area contributed by atoms with Crippen LogP contribution in [-0.4, -0.2) is 19.7 Å². The summed E-state index contributed by atoms with van der Waals surface area (Å²) < 4.78 is 23.7. The van der Waals surface area contributed by atoms with Crippen molar-refractivity contribution in [1.82, 2.24) is 0 Å². The van der Waals surface area contributed by atoms with Gasteiger partial charge < -0.3 is 9.47 Å². The number of methoxy groups -OCH3 is 1. The molecule has 3 nitrogen and oxygen atoms in total. The first-order valence-corrected chi connectivity index (χ1v) is 5.59. The van der Waals surface area contributed by atoms with Gasteiger partial charge in [-0.3, -0.25) is 0 Å². The van der Waals surface area contributed by atoms with Gasteiger partial charge in [0.2, 0.25) is 0 Å². The normalized spacial score (nSPS) is 9.88. The van der Waals surface area contributed by atoms with E-state index in [2.05, 4.69) is 27.2 Å². The van der Waals surface area contributed by atoms with E-state index in [0.29, 0.717) is 16.8 Å². The van der Waals surface area contributed by atoms with Crippen LogP contribution in [0, 0.1) is 5.82 Å². The Bertz CT molecular complexity index is 457. The molecule has 0 aliphatic heterocycles. The molecule has 17 heavy (non-hydrogen) atoms. The van der Waals surface area contributed by atoms with Crippen LogP contribution in [0.25, 0.3) is 0 Å². The van der Waals surface area contributed by atoms with Crippen LogP contribution in [-0.2, 0) is 4.74 Å². The van der Waals surface area contributed by atoms with E-state index in [4.69, 9.17) is 4.74 Å². The average molecular weight is 303 g/mol. The van der Waals surface area contributed by atoms with Crippen LogP contribution >= 0.6 is 15.9 Å². The molecule has 92 valence electrons. The minimum absolute atomic E-state index is 0.160. The Kier molecular flexibility index (Phi) is 4.69. The Morgan fingerprint density at radius 2 is 2.18 bits per heavy atom. The van der Waals surface area contributed by atoms with E-state index in [0.717, 1.165) is 5.57 Å². The zero-order valence-electron chi connectivity index (χ0n) is 9.55. The van der Waals surface area contributed by atoms with E-state index in [1.165, 1.54) is 19.2 Å². The van der Waals surface area contributed by atoms with Crippen LogP contribution in [0.1, 0.15) is 17.3 Å². The van der Waals surface area contributed by atoms with Crippen molar-refractivity contribution in [2.75, 3.05) is 13.7 Å². The number of hydrogen-bond acceptors (Lipinski definition) is 3. The summed E-state index contributed by atoms with van der Waals surface area (Å²) in [4.78, 5) is 11.3. The minimum Gasteiger partial charge on any atom is -0.488 e. The molecule has 0 fully saturated rings. The lowest BCUT2D eigenvalue weighted by Gasteiger charge is -2.10. The fourth-order valence-corrected chi connectivity index (χ4v) is 1.54. The lowest BCUT2D eigenvalue weighted by molar-refractivity contribution is 0.0595. The summed E-state index contributed by atoms with van der Waals surface area (Å²) in [6.07, 6.45) is 0. The number of rotatable bonds is 4. The van der Waals surface area contributed by atoms with Crippen molar-refractivity contribution in [3.63, 3.8) is 0 Å². The quantitative estimate of drug-likeness (QED) is 0.632. The van der Waals surface area contributed by atoms with E-state index in [9.17, 15) is 9.18 Å². The van der Waals surface area contributed by atoms with Crippen molar-refractivity contribution in [2.24, 2.45) is 0 Å². The molecular weight excluding hydrogens is 291 g/mol. The molecule has 1 aromatic carbocycles. The lowest BCUT2D eigenvalue weighted by Crippen LogP contribution is -2.06. The molecule has 1 aromatic rings. The Morgan fingerprint density at radius 1 is 1.53 bits per heavy atom. The zero-order valence-corrected chi connectivity index (χ0v) is 11.1. The summed E-state index contributed by atoms with van der Waals surface area (Å²) in [7, 11) is 1.19. The van der Waals surface area contributed by atoms with Gasteiger partial charge in [0.05, 0.1) is 17.1 Å². The van der Waals surface area contributed by atoms with Gasteiger partial charge in [-0.2, -0.15) is 0 Å². The fourth-order valence-electron chi connectivity index (χ4n) is 1.11. The molecule has 0 aromatic heterocycles. The topological polar surface area (TPSA) is 35.5 Å². The Balaban J connectivity index is 3.05. The summed E-state index contributed by atoms with van der Waals surface area (Å²) in [6, 6.07) is 2.47. The third-order valence-electron chi connectivity index (χ3n) is 1.90. The lowest BCUT2D eigenvalue weighted by atomic mass is 10.2. The van der Waals surface area contributed by atoms with Crippen molar-refractivity contribution in [1.29, 1.82) is 0 Å². The first-order valence-electron chi connectivity index (χ1n) is 4.80. The number of esters is 1. The van der Waals surface area contributed by atoms with Gasteiger partial charge in [-0.1, -0.05) is 6.58 Å². The van der Waals surface area contributed by atoms with Crippen LogP contribution in [0.3, 0.4) is 0 Å². The van der Waals surface area contributed by atoms with Gasteiger partial charge in [-0.25, -0.2) is 9.18 Å². The maximum atomic E-state index is 13.5. The van der Waals surface area contributed by atoms with E-state index in [1.807, 2.05) is 0 Å². The summed E-state index contributed by atoms with van der Waals surface area (Å²) in [5, 5.41) is 0. The van der Waals surface area contributed by atoms with Crippen molar-refractivity contribution in [3.8, 4) is 5.75 Å². The van der Waals surface area contributed by atoms with Crippen LogP contribution in [0.15, 0.2) is 28.8 Å². The molecule has 0 bridgehead atoms. The van der Waals surface area contributed by atoms with Gasteiger partial charge in [0.15, 0.2) is 0 Å². The molecule has 0 atom stereocenters. The van der Waals surface area contributed by atoms with Crippen molar-refractivity contribution >= 4 is 21.9 Å². The number of benzene rings is 1. The van der Waals surface area contributed by atoms with Crippen molar-refractivity contribution in [2.45, 2.75) is 6.92 Å². The highest BCUT2D eigenvalue weighted by atomic mass is 79.9. The standard InChI is InChI=1S/C12H12BrFO3/c1-7(2)6-17-11-4-8(12(15)16-3)10(14)5-9(11)13/h4-5H,1,6H2,2-3H3. The van der Waals surface area contributed by atoms with Crippen molar-refractivity contribution in [3.05, 3.63) is 40.1 Å². The maximum Gasteiger partial charge on any atom is 0.340 e. The molecule has 0 saturated heterocycles. The predicted octanol–water partition coefficient (Wildman–Crippen LogP) is 3.33. The molecule has 1 rings (SSSR count). The second-order valence-corrected chi connectivity index (χ2v) is 4.35.